The van der Waals surface area contributed by atoms with Gasteiger partial charge in [-0.25, -0.2) is 0 Å². The normalized spacial score (nSPS) is 19.5. The first-order chi connectivity index (χ1) is 16.6. The van der Waals surface area contributed by atoms with Crippen LogP contribution in [-0.4, -0.2) is 47.7 Å². The summed E-state index contributed by atoms with van der Waals surface area (Å²) in [5.74, 6) is -1.95. The summed E-state index contributed by atoms with van der Waals surface area (Å²) >= 11 is 0. The molecule has 186 valence electrons. The number of rotatable bonds is 9. The van der Waals surface area contributed by atoms with Gasteiger partial charge in [-0.3, -0.25) is 14.4 Å². The van der Waals surface area contributed by atoms with Gasteiger partial charge in [0.1, 0.15) is 23.5 Å². The number of benzene rings is 1. The molecule has 2 fully saturated rings. The van der Waals surface area contributed by atoms with E-state index < -0.39 is 36.0 Å². The van der Waals surface area contributed by atoms with Gasteiger partial charge in [0.25, 0.3) is 5.91 Å². The predicted octanol–water partition coefficient (Wildman–Crippen LogP) is 2.50. The average Bonchev–Trinajstić information content (AvgIpc) is 3.34. The van der Waals surface area contributed by atoms with Crippen LogP contribution in [0.1, 0.15) is 42.6 Å². The van der Waals surface area contributed by atoms with Crippen molar-refractivity contribution < 1.29 is 32.3 Å². The van der Waals surface area contributed by atoms with Crippen molar-refractivity contribution in [1.82, 2.24) is 20.9 Å². The number of ether oxygens (including phenoxy) is 1. The number of carbonyl (C=O) groups is 3. The highest BCUT2D eigenvalue weighted by Crippen LogP contribution is 2.34. The van der Waals surface area contributed by atoms with Crippen molar-refractivity contribution in [2.75, 3.05) is 6.54 Å². The number of nitrogens with zero attached hydrogens (tertiary/aromatic N) is 1. The summed E-state index contributed by atoms with van der Waals surface area (Å²) in [7, 11) is 0. The van der Waals surface area contributed by atoms with Crippen molar-refractivity contribution in [2.24, 2.45) is 11.8 Å². The Morgan fingerprint density at radius 2 is 1.97 bits per heavy atom. The minimum Gasteiger partial charge on any atom is -0.405 e. The highest BCUT2D eigenvalue weighted by Gasteiger charge is 2.34. The van der Waals surface area contributed by atoms with Gasteiger partial charge in [-0.15, -0.1) is 13.2 Å². The van der Waals surface area contributed by atoms with Crippen LogP contribution in [0.25, 0.3) is 10.9 Å². The first-order valence-electron chi connectivity index (χ1n) is 11.3. The van der Waals surface area contributed by atoms with E-state index in [0.717, 1.165) is 18.9 Å². The van der Waals surface area contributed by atoms with Crippen molar-refractivity contribution in [2.45, 2.75) is 50.6 Å². The van der Waals surface area contributed by atoms with Gasteiger partial charge in [-0.05, 0) is 43.4 Å². The summed E-state index contributed by atoms with van der Waals surface area (Å²) in [6.07, 6.45) is -1.96. The van der Waals surface area contributed by atoms with Crippen LogP contribution in [0.4, 0.5) is 13.2 Å². The maximum absolute atomic E-state index is 12.9. The van der Waals surface area contributed by atoms with Crippen molar-refractivity contribution in [3.8, 4) is 11.8 Å². The van der Waals surface area contributed by atoms with E-state index in [-0.39, 0.29) is 40.8 Å². The molecule has 0 unspecified atom stereocenters. The van der Waals surface area contributed by atoms with E-state index in [2.05, 4.69) is 25.7 Å². The molecule has 1 aliphatic heterocycles. The van der Waals surface area contributed by atoms with E-state index >= 15 is 0 Å². The minimum atomic E-state index is -4.89. The summed E-state index contributed by atoms with van der Waals surface area (Å²) in [6.45, 7) is 0.524. The molecule has 0 spiro atoms. The number of hydrogen-bond acceptors (Lipinski definition) is 5. The van der Waals surface area contributed by atoms with Gasteiger partial charge in [0.05, 0.1) is 6.07 Å². The molecule has 0 bridgehead atoms. The van der Waals surface area contributed by atoms with Crippen LogP contribution in [0.2, 0.25) is 0 Å². The number of alkyl halides is 3. The van der Waals surface area contributed by atoms with Crippen LogP contribution in [0.5, 0.6) is 5.75 Å². The molecule has 3 atom stereocenters. The van der Waals surface area contributed by atoms with Crippen molar-refractivity contribution in [3.63, 3.8) is 0 Å². The molecular weight excluding hydrogens is 467 g/mol. The topological polar surface area (TPSA) is 136 Å². The van der Waals surface area contributed by atoms with Crippen LogP contribution in [0.15, 0.2) is 24.3 Å². The maximum atomic E-state index is 12.9. The van der Waals surface area contributed by atoms with E-state index in [1.54, 1.807) is 0 Å². The lowest BCUT2D eigenvalue weighted by Crippen LogP contribution is -2.50. The number of fused-ring (bicyclic) bond motifs is 1. The second-order valence-electron chi connectivity index (χ2n) is 8.86. The van der Waals surface area contributed by atoms with Crippen LogP contribution in [0.3, 0.4) is 0 Å². The predicted molar refractivity (Wildman–Crippen MR) is 117 cm³/mol. The quantitative estimate of drug-likeness (QED) is 0.427. The van der Waals surface area contributed by atoms with E-state index in [1.165, 1.54) is 18.2 Å². The molecule has 1 saturated heterocycles. The Labute approximate surface area is 198 Å². The number of aromatic amines is 1. The minimum absolute atomic E-state index is 0.0359. The number of amides is 3. The number of nitriles is 1. The molecule has 1 aliphatic carbocycles. The van der Waals surface area contributed by atoms with Crippen LogP contribution in [-0.2, 0) is 9.59 Å². The molecular formula is C23H24F3N5O4. The number of carbonyl (C=O) groups excluding carboxylic acids is 3. The number of H-pyrrole nitrogens is 1. The molecule has 1 saturated carbocycles. The third kappa shape index (κ3) is 6.23. The molecule has 2 aliphatic rings. The second kappa shape index (κ2) is 9.85. The second-order valence-corrected chi connectivity index (χ2v) is 8.86. The lowest BCUT2D eigenvalue weighted by atomic mass is 9.98. The Bertz CT molecular complexity index is 1170. The third-order valence-electron chi connectivity index (χ3n) is 6.14. The summed E-state index contributed by atoms with van der Waals surface area (Å²) in [4.78, 5) is 40.4. The summed E-state index contributed by atoms with van der Waals surface area (Å²) in [6, 6.07) is 5.38. The zero-order valence-corrected chi connectivity index (χ0v) is 18.6. The van der Waals surface area contributed by atoms with Gasteiger partial charge < -0.3 is 25.7 Å². The van der Waals surface area contributed by atoms with Gasteiger partial charge >= 0.3 is 6.36 Å². The molecule has 1 aromatic heterocycles. The Hall–Kier alpha value is -3.75. The summed E-state index contributed by atoms with van der Waals surface area (Å²) in [5, 5.41) is 17.5. The van der Waals surface area contributed by atoms with Crippen LogP contribution >= 0.6 is 0 Å². The Balaban J connectivity index is 1.46. The fourth-order valence-electron chi connectivity index (χ4n) is 4.19. The summed E-state index contributed by atoms with van der Waals surface area (Å²) in [5.41, 5.74) is 0.228. The van der Waals surface area contributed by atoms with E-state index in [4.69, 9.17) is 0 Å². The first kappa shape index (κ1) is 24.4. The molecule has 0 radical (unpaired) electrons. The zero-order valence-electron chi connectivity index (χ0n) is 18.6. The maximum Gasteiger partial charge on any atom is 0.573 e. The largest absolute Gasteiger partial charge is 0.573 e. The van der Waals surface area contributed by atoms with Crippen LogP contribution in [0, 0.1) is 23.2 Å². The Kier molecular flexibility index (Phi) is 6.86. The lowest BCUT2D eigenvalue weighted by molar-refractivity contribution is -0.274. The molecule has 35 heavy (non-hydrogen) atoms. The Morgan fingerprint density at radius 3 is 2.60 bits per heavy atom. The molecule has 12 heteroatoms. The summed E-state index contributed by atoms with van der Waals surface area (Å²) < 4.78 is 42.1. The highest BCUT2D eigenvalue weighted by molar-refractivity contribution is 6.01. The first-order valence-corrected chi connectivity index (χ1v) is 11.3. The number of nitrogens with one attached hydrogen (secondary N) is 4. The smallest absolute Gasteiger partial charge is 0.405 e. The van der Waals surface area contributed by atoms with E-state index in [9.17, 15) is 32.8 Å². The van der Waals surface area contributed by atoms with E-state index in [1.807, 2.05) is 6.07 Å². The number of hydrogen-bond donors (Lipinski definition) is 4. The van der Waals surface area contributed by atoms with Gasteiger partial charge in [-0.2, -0.15) is 5.26 Å². The molecule has 2 aromatic rings. The average molecular weight is 491 g/mol. The zero-order chi connectivity index (χ0) is 25.2. The van der Waals surface area contributed by atoms with Crippen LogP contribution < -0.4 is 20.7 Å². The van der Waals surface area contributed by atoms with Crippen molar-refractivity contribution in [1.29, 1.82) is 5.26 Å². The fourth-order valence-corrected chi connectivity index (χ4v) is 4.19. The fraction of sp³-hybridized carbons (Fsp3) is 0.478. The van der Waals surface area contributed by atoms with Gasteiger partial charge in [0, 0.05) is 23.4 Å². The third-order valence-corrected chi connectivity index (χ3v) is 6.14. The van der Waals surface area contributed by atoms with Crippen molar-refractivity contribution in [3.05, 3.63) is 30.0 Å². The SMILES string of the molecule is N#C[C@H](C[C@@H]1CCNC1=O)NC(=O)[C@H](CC1CC1)NC(=O)c1cc2c(OC(F)(F)F)cccc2[nH]1. The van der Waals surface area contributed by atoms with Gasteiger partial charge in [-0.1, -0.05) is 18.9 Å². The van der Waals surface area contributed by atoms with E-state index in [0.29, 0.717) is 19.4 Å². The lowest BCUT2D eigenvalue weighted by Gasteiger charge is -2.21. The molecule has 3 amide bonds. The monoisotopic (exact) mass is 491 g/mol. The number of aromatic nitrogens is 1. The number of halogens is 3. The molecule has 1 aromatic carbocycles. The molecule has 4 N–H and O–H groups in total. The highest BCUT2D eigenvalue weighted by atomic mass is 19.4. The van der Waals surface area contributed by atoms with Gasteiger partial charge in [0.2, 0.25) is 11.8 Å². The molecule has 9 nitrogen and oxygen atoms in total. The molecule has 2 heterocycles. The Morgan fingerprint density at radius 1 is 1.20 bits per heavy atom. The van der Waals surface area contributed by atoms with Crippen molar-refractivity contribution >= 4 is 28.6 Å². The standard InChI is InChI=1S/C23H24F3N5O4/c24-23(25,26)35-19-3-1-2-16-15(19)10-18(30-16)22(34)31-17(8-12-4-5-12)21(33)29-14(11-27)9-13-6-7-28-20(13)32/h1-3,10,12-14,17,30H,4-9H2,(H,28,32)(H,29,33)(H,31,34)/t13-,14-,17-/m0/s1. The van der Waals surface area contributed by atoms with Gasteiger partial charge in [0.15, 0.2) is 0 Å². The molecule has 4 rings (SSSR count).